The first kappa shape index (κ1) is 13.2. The molecule has 2 aromatic heterocycles. The summed E-state index contributed by atoms with van der Waals surface area (Å²) in [5.74, 6) is -0.383. The molecule has 2 rings (SSSR count). The van der Waals surface area contributed by atoms with Crippen LogP contribution in [0.25, 0.3) is 5.65 Å². The molecule has 100 valence electrons. The first-order valence-corrected chi connectivity index (χ1v) is 6.13. The molecule has 2 N–H and O–H groups in total. The van der Waals surface area contributed by atoms with E-state index in [1.807, 2.05) is 7.05 Å². The van der Waals surface area contributed by atoms with Gasteiger partial charge in [0.1, 0.15) is 11.2 Å². The summed E-state index contributed by atoms with van der Waals surface area (Å²) >= 11 is 0. The molecule has 0 unspecified atom stereocenters. The van der Waals surface area contributed by atoms with Gasteiger partial charge in [-0.2, -0.15) is 0 Å². The largest absolute Gasteiger partial charge is 0.352 e. The van der Waals surface area contributed by atoms with E-state index in [9.17, 15) is 9.59 Å². The predicted octanol–water partition coefficient (Wildman–Crippen LogP) is 0.0338. The molecular weight excluding hydrogens is 244 g/mol. The van der Waals surface area contributed by atoms with Gasteiger partial charge in [0, 0.05) is 18.9 Å². The molecule has 0 saturated heterocycles. The topological polar surface area (TPSA) is 75.5 Å². The van der Waals surface area contributed by atoms with Crippen molar-refractivity contribution in [2.24, 2.45) is 0 Å². The summed E-state index contributed by atoms with van der Waals surface area (Å²) in [6.45, 7) is 1.34. The Hall–Kier alpha value is -2.21. The minimum atomic E-state index is -0.383. The van der Waals surface area contributed by atoms with Gasteiger partial charge in [-0.05, 0) is 32.1 Å². The van der Waals surface area contributed by atoms with Crippen molar-refractivity contribution >= 4 is 11.6 Å². The number of pyridine rings is 1. The summed E-state index contributed by atoms with van der Waals surface area (Å²) in [6, 6.07) is 5.24. The van der Waals surface area contributed by atoms with Gasteiger partial charge in [-0.1, -0.05) is 6.07 Å². The van der Waals surface area contributed by atoms with Crippen LogP contribution in [0.4, 0.5) is 0 Å². The monoisotopic (exact) mass is 260 g/mol. The van der Waals surface area contributed by atoms with Crippen LogP contribution in [0, 0.1) is 0 Å². The Bertz CT molecular complexity index is 636. The van der Waals surface area contributed by atoms with E-state index >= 15 is 0 Å². The van der Waals surface area contributed by atoms with Gasteiger partial charge in [-0.3, -0.25) is 14.0 Å². The van der Waals surface area contributed by atoms with E-state index < -0.39 is 0 Å². The van der Waals surface area contributed by atoms with Crippen LogP contribution in [0.2, 0.25) is 0 Å². The molecule has 1 amide bonds. The number of amides is 1. The van der Waals surface area contributed by atoms with Crippen molar-refractivity contribution in [1.29, 1.82) is 0 Å². The predicted molar refractivity (Wildman–Crippen MR) is 72.3 cm³/mol. The average molecular weight is 260 g/mol. The van der Waals surface area contributed by atoms with Gasteiger partial charge in [0.2, 0.25) is 0 Å². The van der Waals surface area contributed by atoms with Gasteiger partial charge < -0.3 is 10.6 Å². The summed E-state index contributed by atoms with van der Waals surface area (Å²) in [7, 11) is 1.85. The van der Waals surface area contributed by atoms with Gasteiger partial charge in [0.15, 0.2) is 0 Å². The van der Waals surface area contributed by atoms with E-state index in [1.54, 1.807) is 24.4 Å². The zero-order chi connectivity index (χ0) is 13.7. The summed E-state index contributed by atoms with van der Waals surface area (Å²) in [5.41, 5.74) is 0.240. The Kier molecular flexibility index (Phi) is 4.25. The summed E-state index contributed by atoms with van der Waals surface area (Å²) < 4.78 is 1.36. The number of carbonyl (C=O) groups excluding carboxylic acids is 1. The second-order valence-electron chi connectivity index (χ2n) is 4.12. The highest BCUT2D eigenvalue weighted by Crippen LogP contribution is 1.97. The lowest BCUT2D eigenvalue weighted by Gasteiger charge is -2.05. The molecule has 0 aliphatic rings. The molecule has 0 atom stereocenters. The van der Waals surface area contributed by atoms with Gasteiger partial charge in [-0.15, -0.1) is 0 Å². The van der Waals surface area contributed by atoms with Crippen molar-refractivity contribution in [2.45, 2.75) is 6.42 Å². The molecule has 6 heteroatoms. The zero-order valence-corrected chi connectivity index (χ0v) is 10.7. The summed E-state index contributed by atoms with van der Waals surface area (Å²) in [5, 5.41) is 5.69. The average Bonchev–Trinajstić information content (AvgIpc) is 2.44. The van der Waals surface area contributed by atoms with E-state index in [1.165, 1.54) is 10.6 Å². The third-order valence-electron chi connectivity index (χ3n) is 2.75. The second-order valence-corrected chi connectivity index (χ2v) is 4.12. The number of fused-ring (bicyclic) bond motifs is 1. The fraction of sp³-hybridized carbons (Fsp3) is 0.308. The fourth-order valence-electron chi connectivity index (χ4n) is 1.74. The van der Waals surface area contributed by atoms with Crippen LogP contribution in [-0.2, 0) is 0 Å². The zero-order valence-electron chi connectivity index (χ0n) is 10.7. The van der Waals surface area contributed by atoms with E-state index in [4.69, 9.17) is 0 Å². The van der Waals surface area contributed by atoms with E-state index in [2.05, 4.69) is 15.6 Å². The third-order valence-corrected chi connectivity index (χ3v) is 2.75. The number of rotatable bonds is 5. The SMILES string of the molecule is CNCCCNC(=O)c1cnc2ccccn2c1=O. The van der Waals surface area contributed by atoms with Crippen molar-refractivity contribution in [3.63, 3.8) is 0 Å². The van der Waals surface area contributed by atoms with Gasteiger partial charge >= 0.3 is 0 Å². The summed E-state index contributed by atoms with van der Waals surface area (Å²) in [6.07, 6.45) is 3.73. The molecule has 0 aliphatic carbocycles. The van der Waals surface area contributed by atoms with E-state index in [-0.39, 0.29) is 17.0 Å². The lowest BCUT2D eigenvalue weighted by Crippen LogP contribution is -2.32. The lowest BCUT2D eigenvalue weighted by atomic mass is 10.3. The van der Waals surface area contributed by atoms with Crippen LogP contribution in [0.3, 0.4) is 0 Å². The molecule has 0 aliphatic heterocycles. The Labute approximate surface area is 110 Å². The van der Waals surface area contributed by atoms with Crippen LogP contribution in [0.1, 0.15) is 16.8 Å². The van der Waals surface area contributed by atoms with Crippen molar-refractivity contribution in [3.05, 3.63) is 46.5 Å². The number of aromatic nitrogens is 2. The maximum absolute atomic E-state index is 12.1. The molecule has 0 fully saturated rings. The maximum Gasteiger partial charge on any atom is 0.270 e. The Morgan fingerprint density at radius 3 is 3.00 bits per heavy atom. The number of hydrogen-bond acceptors (Lipinski definition) is 4. The maximum atomic E-state index is 12.1. The van der Waals surface area contributed by atoms with Crippen LogP contribution in [-0.4, -0.2) is 35.4 Å². The molecule has 19 heavy (non-hydrogen) atoms. The highest BCUT2D eigenvalue weighted by Gasteiger charge is 2.12. The molecule has 0 saturated carbocycles. The Morgan fingerprint density at radius 2 is 2.21 bits per heavy atom. The van der Waals surface area contributed by atoms with Crippen molar-refractivity contribution in [1.82, 2.24) is 20.0 Å². The number of nitrogens with one attached hydrogen (secondary N) is 2. The number of carbonyl (C=O) groups is 1. The molecule has 2 aromatic rings. The standard InChI is InChI=1S/C13H16N4O2/c1-14-6-4-7-15-12(18)10-9-16-11-5-2-3-8-17(11)13(10)19/h2-3,5,8-9,14H,4,6-7H2,1H3,(H,15,18). The minimum Gasteiger partial charge on any atom is -0.352 e. The first-order valence-electron chi connectivity index (χ1n) is 6.13. The highest BCUT2D eigenvalue weighted by atomic mass is 16.2. The molecule has 0 radical (unpaired) electrons. The number of hydrogen-bond donors (Lipinski definition) is 2. The van der Waals surface area contributed by atoms with E-state index in [0.717, 1.165) is 13.0 Å². The van der Waals surface area contributed by atoms with Gasteiger partial charge in [0.05, 0.1) is 0 Å². The summed E-state index contributed by atoms with van der Waals surface area (Å²) in [4.78, 5) is 28.1. The molecule has 2 heterocycles. The Morgan fingerprint density at radius 1 is 1.37 bits per heavy atom. The third kappa shape index (κ3) is 2.97. The van der Waals surface area contributed by atoms with Gasteiger partial charge in [-0.25, -0.2) is 4.98 Å². The molecule has 0 aromatic carbocycles. The lowest BCUT2D eigenvalue weighted by molar-refractivity contribution is 0.0951. The minimum absolute atomic E-state index is 0.0631. The second kappa shape index (κ2) is 6.10. The smallest absolute Gasteiger partial charge is 0.270 e. The first-order chi connectivity index (χ1) is 9.24. The van der Waals surface area contributed by atoms with Crippen LogP contribution >= 0.6 is 0 Å². The quantitative estimate of drug-likeness (QED) is 0.744. The van der Waals surface area contributed by atoms with Crippen LogP contribution in [0.5, 0.6) is 0 Å². The molecule has 6 nitrogen and oxygen atoms in total. The van der Waals surface area contributed by atoms with E-state index in [0.29, 0.717) is 12.2 Å². The fourth-order valence-corrected chi connectivity index (χ4v) is 1.74. The van der Waals surface area contributed by atoms with Crippen LogP contribution in [0.15, 0.2) is 35.4 Å². The molecular formula is C13H16N4O2. The van der Waals surface area contributed by atoms with Crippen molar-refractivity contribution in [2.75, 3.05) is 20.1 Å². The highest BCUT2D eigenvalue weighted by molar-refractivity contribution is 5.93. The van der Waals surface area contributed by atoms with Crippen molar-refractivity contribution < 1.29 is 4.79 Å². The van der Waals surface area contributed by atoms with Crippen molar-refractivity contribution in [3.8, 4) is 0 Å². The Balaban J connectivity index is 2.18. The normalized spacial score (nSPS) is 10.6. The van der Waals surface area contributed by atoms with Gasteiger partial charge in [0.25, 0.3) is 11.5 Å². The molecule has 0 bridgehead atoms. The van der Waals surface area contributed by atoms with Crippen LogP contribution < -0.4 is 16.2 Å². The number of nitrogens with zero attached hydrogens (tertiary/aromatic N) is 2. The molecule has 0 spiro atoms.